The lowest BCUT2D eigenvalue weighted by Crippen LogP contribution is -2.45. The first-order valence-electron chi connectivity index (χ1n) is 7.26. The molecule has 1 aliphatic heterocycles. The Hall–Kier alpha value is -1.35. The standard InChI is InChI=1S/C16H22N2O/c1-11(12-7-8-12)18(2)16(19)15-14-6-4-3-5-13(14)9-10-17-15/h3-6,11-12,15,17H,7-10H2,1-2H3. The summed E-state index contributed by atoms with van der Waals surface area (Å²) in [5.41, 5.74) is 2.47. The number of amides is 1. The molecular formula is C16H22N2O. The highest BCUT2D eigenvalue weighted by molar-refractivity contribution is 5.84. The minimum Gasteiger partial charge on any atom is -0.341 e. The smallest absolute Gasteiger partial charge is 0.244 e. The zero-order valence-electron chi connectivity index (χ0n) is 11.7. The van der Waals surface area contributed by atoms with Gasteiger partial charge < -0.3 is 10.2 Å². The monoisotopic (exact) mass is 258 g/mol. The number of fused-ring (bicyclic) bond motifs is 1. The van der Waals surface area contributed by atoms with Gasteiger partial charge >= 0.3 is 0 Å². The van der Waals surface area contributed by atoms with E-state index in [1.165, 1.54) is 18.4 Å². The van der Waals surface area contributed by atoms with Crippen LogP contribution in [0.5, 0.6) is 0 Å². The van der Waals surface area contributed by atoms with Crippen molar-refractivity contribution in [3.8, 4) is 0 Å². The molecule has 3 heteroatoms. The van der Waals surface area contributed by atoms with Crippen molar-refractivity contribution in [2.45, 2.75) is 38.3 Å². The van der Waals surface area contributed by atoms with Gasteiger partial charge in [-0.1, -0.05) is 24.3 Å². The van der Waals surface area contributed by atoms with Gasteiger partial charge in [-0.3, -0.25) is 4.79 Å². The molecule has 1 aromatic rings. The van der Waals surface area contributed by atoms with Gasteiger partial charge in [0.25, 0.3) is 0 Å². The van der Waals surface area contributed by atoms with E-state index in [1.807, 2.05) is 18.0 Å². The highest BCUT2D eigenvalue weighted by Gasteiger charge is 2.36. The SMILES string of the molecule is CC(C1CC1)N(C)C(=O)C1NCCc2ccccc21. The van der Waals surface area contributed by atoms with Gasteiger partial charge in [0.1, 0.15) is 6.04 Å². The van der Waals surface area contributed by atoms with Gasteiger partial charge in [-0.05, 0) is 43.2 Å². The van der Waals surface area contributed by atoms with Crippen LogP contribution < -0.4 is 5.32 Å². The summed E-state index contributed by atoms with van der Waals surface area (Å²) >= 11 is 0. The van der Waals surface area contributed by atoms with Gasteiger partial charge in [-0.15, -0.1) is 0 Å². The molecule has 0 aromatic heterocycles. The average Bonchev–Trinajstić information content (AvgIpc) is 3.29. The van der Waals surface area contributed by atoms with Gasteiger partial charge in [0, 0.05) is 19.6 Å². The summed E-state index contributed by atoms with van der Waals surface area (Å²) in [6.45, 7) is 3.06. The first kappa shape index (κ1) is 12.7. The van der Waals surface area contributed by atoms with Gasteiger partial charge in [-0.25, -0.2) is 0 Å². The van der Waals surface area contributed by atoms with Crippen LogP contribution in [-0.2, 0) is 11.2 Å². The molecule has 3 nitrogen and oxygen atoms in total. The molecule has 2 atom stereocenters. The molecule has 1 N–H and O–H groups in total. The number of carbonyl (C=O) groups is 1. The first-order chi connectivity index (χ1) is 9.18. The maximum Gasteiger partial charge on any atom is 0.244 e. The fraction of sp³-hybridized carbons (Fsp3) is 0.562. The summed E-state index contributed by atoms with van der Waals surface area (Å²) in [6, 6.07) is 8.51. The second-order valence-electron chi connectivity index (χ2n) is 5.86. The first-order valence-corrected chi connectivity index (χ1v) is 7.26. The molecule has 1 saturated carbocycles. The van der Waals surface area contributed by atoms with E-state index in [1.54, 1.807) is 0 Å². The summed E-state index contributed by atoms with van der Waals surface area (Å²) in [4.78, 5) is 14.6. The highest BCUT2D eigenvalue weighted by Crippen LogP contribution is 2.35. The van der Waals surface area contributed by atoms with Gasteiger partial charge in [-0.2, -0.15) is 0 Å². The van der Waals surface area contributed by atoms with Gasteiger partial charge in [0.2, 0.25) is 5.91 Å². The van der Waals surface area contributed by atoms with Crippen LogP contribution in [0.15, 0.2) is 24.3 Å². The lowest BCUT2D eigenvalue weighted by atomic mass is 9.93. The van der Waals surface area contributed by atoms with Gasteiger partial charge in [0.05, 0.1) is 0 Å². The molecule has 2 aliphatic rings. The number of nitrogens with one attached hydrogen (secondary N) is 1. The van der Waals surface area contributed by atoms with E-state index >= 15 is 0 Å². The third kappa shape index (κ3) is 2.39. The summed E-state index contributed by atoms with van der Waals surface area (Å²) in [6.07, 6.45) is 3.56. The van der Waals surface area contributed by atoms with E-state index in [0.717, 1.165) is 18.5 Å². The van der Waals surface area contributed by atoms with Crippen LogP contribution in [0.3, 0.4) is 0 Å². The predicted molar refractivity (Wildman–Crippen MR) is 75.8 cm³/mol. The molecule has 0 spiro atoms. The van der Waals surface area contributed by atoms with Crippen LogP contribution >= 0.6 is 0 Å². The summed E-state index contributed by atoms with van der Waals surface area (Å²) in [5.74, 6) is 0.930. The number of hydrogen-bond donors (Lipinski definition) is 1. The van der Waals surface area contributed by atoms with E-state index < -0.39 is 0 Å². The second-order valence-corrected chi connectivity index (χ2v) is 5.86. The Morgan fingerprint density at radius 1 is 1.37 bits per heavy atom. The Labute approximate surface area is 115 Å². The Bertz CT molecular complexity index is 481. The number of carbonyl (C=O) groups excluding carboxylic acids is 1. The molecule has 0 bridgehead atoms. The van der Waals surface area contributed by atoms with Crippen LogP contribution in [0.4, 0.5) is 0 Å². The molecule has 0 saturated heterocycles. The van der Waals surface area contributed by atoms with Crippen LogP contribution in [0.2, 0.25) is 0 Å². The van der Waals surface area contributed by atoms with Gasteiger partial charge in [0.15, 0.2) is 0 Å². The van der Waals surface area contributed by atoms with Crippen molar-refractivity contribution in [1.82, 2.24) is 10.2 Å². The van der Waals surface area contributed by atoms with E-state index in [-0.39, 0.29) is 11.9 Å². The fourth-order valence-corrected chi connectivity index (χ4v) is 3.02. The lowest BCUT2D eigenvalue weighted by molar-refractivity contribution is -0.134. The molecule has 19 heavy (non-hydrogen) atoms. The quantitative estimate of drug-likeness (QED) is 0.901. The van der Waals surface area contributed by atoms with E-state index in [4.69, 9.17) is 0 Å². The van der Waals surface area contributed by atoms with E-state index in [2.05, 4.69) is 30.4 Å². The molecule has 3 rings (SSSR count). The number of rotatable bonds is 3. The third-order valence-electron chi connectivity index (χ3n) is 4.62. The van der Waals surface area contributed by atoms with Crippen molar-refractivity contribution in [2.75, 3.05) is 13.6 Å². The van der Waals surface area contributed by atoms with Crippen LogP contribution in [0.1, 0.15) is 36.9 Å². The van der Waals surface area contributed by atoms with Crippen LogP contribution in [-0.4, -0.2) is 30.4 Å². The van der Waals surface area contributed by atoms with Crippen molar-refractivity contribution in [3.63, 3.8) is 0 Å². The van der Waals surface area contributed by atoms with Crippen molar-refractivity contribution in [1.29, 1.82) is 0 Å². The maximum atomic E-state index is 12.7. The zero-order chi connectivity index (χ0) is 13.4. The molecular weight excluding hydrogens is 236 g/mol. The van der Waals surface area contributed by atoms with Crippen molar-refractivity contribution in [2.24, 2.45) is 5.92 Å². The maximum absolute atomic E-state index is 12.7. The zero-order valence-corrected chi connectivity index (χ0v) is 11.7. The van der Waals surface area contributed by atoms with Crippen LogP contribution in [0, 0.1) is 5.92 Å². The number of likely N-dealkylation sites (N-methyl/N-ethyl adjacent to an activating group) is 1. The van der Waals surface area contributed by atoms with Crippen molar-refractivity contribution < 1.29 is 4.79 Å². The van der Waals surface area contributed by atoms with Crippen molar-refractivity contribution in [3.05, 3.63) is 35.4 Å². The molecule has 2 unspecified atom stereocenters. The second kappa shape index (κ2) is 4.97. The molecule has 1 amide bonds. The largest absolute Gasteiger partial charge is 0.341 e. The minimum atomic E-state index is -0.156. The third-order valence-corrected chi connectivity index (χ3v) is 4.62. The average molecular weight is 258 g/mol. The number of nitrogens with zero attached hydrogens (tertiary/aromatic N) is 1. The molecule has 1 aromatic carbocycles. The topological polar surface area (TPSA) is 32.3 Å². The summed E-state index contributed by atoms with van der Waals surface area (Å²) in [5, 5.41) is 3.38. The Balaban J connectivity index is 1.80. The molecule has 0 radical (unpaired) electrons. The lowest BCUT2D eigenvalue weighted by Gasteiger charge is -2.32. The number of benzene rings is 1. The van der Waals surface area contributed by atoms with E-state index in [0.29, 0.717) is 12.0 Å². The number of hydrogen-bond acceptors (Lipinski definition) is 2. The van der Waals surface area contributed by atoms with E-state index in [9.17, 15) is 4.79 Å². The normalized spacial score (nSPS) is 23.6. The Morgan fingerprint density at radius 3 is 2.84 bits per heavy atom. The predicted octanol–water partition coefficient (Wildman–Crippen LogP) is 2.13. The molecule has 1 fully saturated rings. The molecule has 1 heterocycles. The summed E-state index contributed by atoms with van der Waals surface area (Å²) in [7, 11) is 1.95. The minimum absolute atomic E-state index is 0.156. The highest BCUT2D eigenvalue weighted by atomic mass is 16.2. The fourth-order valence-electron chi connectivity index (χ4n) is 3.02. The molecule has 102 valence electrons. The molecule has 1 aliphatic carbocycles. The summed E-state index contributed by atoms with van der Waals surface area (Å²) < 4.78 is 0. The van der Waals surface area contributed by atoms with Crippen molar-refractivity contribution >= 4 is 5.91 Å². The van der Waals surface area contributed by atoms with Crippen LogP contribution in [0.25, 0.3) is 0 Å². The Morgan fingerprint density at radius 2 is 2.11 bits per heavy atom. The Kier molecular flexibility index (Phi) is 3.31.